The molecule has 1 aliphatic carbocycles. The molecule has 0 spiro atoms. The van der Waals surface area contributed by atoms with Gasteiger partial charge < -0.3 is 15.5 Å². The molecule has 2 saturated heterocycles. The molecule has 1 aromatic carbocycles. The molecule has 3 aliphatic heterocycles. The fourth-order valence-corrected chi connectivity index (χ4v) is 4.66. The summed E-state index contributed by atoms with van der Waals surface area (Å²) in [7, 11) is 0. The van der Waals surface area contributed by atoms with Crippen LogP contribution in [0.15, 0.2) is 18.2 Å². The van der Waals surface area contributed by atoms with Crippen LogP contribution in [0.1, 0.15) is 40.7 Å². The first-order chi connectivity index (χ1) is 13.1. The molecule has 4 aliphatic rings. The van der Waals surface area contributed by atoms with Crippen molar-refractivity contribution in [2.24, 2.45) is 11.8 Å². The van der Waals surface area contributed by atoms with E-state index < -0.39 is 6.04 Å². The van der Waals surface area contributed by atoms with Gasteiger partial charge in [0.2, 0.25) is 11.8 Å². The molecule has 5 rings (SSSR count). The second kappa shape index (κ2) is 6.42. The molecular formula is C20H24N4O3. The zero-order valence-corrected chi connectivity index (χ0v) is 15.2. The van der Waals surface area contributed by atoms with Gasteiger partial charge in [0.1, 0.15) is 6.04 Å². The van der Waals surface area contributed by atoms with Gasteiger partial charge in [0.25, 0.3) is 5.91 Å². The number of carbonyl (C=O) groups is 3. The number of rotatable bonds is 5. The smallest absolute Gasteiger partial charge is 0.255 e. The number of imide groups is 1. The Morgan fingerprint density at radius 1 is 1.19 bits per heavy atom. The standard InChI is InChI=1S/C20H24N4O3/c25-17-5-4-16(19(26)23-17)24-10-12-3-1-2-11(18(12)20(24)27)9-22-15-6-14(15)13-7-21-8-13/h1-3,13-16,21-22H,4-10H2,(H,23,25,26)/t14-,15+,16?/m0/s1. The molecule has 0 aromatic heterocycles. The minimum absolute atomic E-state index is 0.0903. The summed E-state index contributed by atoms with van der Waals surface area (Å²) in [5.41, 5.74) is 2.71. The molecule has 3 fully saturated rings. The van der Waals surface area contributed by atoms with E-state index in [1.807, 2.05) is 18.2 Å². The van der Waals surface area contributed by atoms with Gasteiger partial charge in [-0.15, -0.1) is 0 Å². The van der Waals surface area contributed by atoms with E-state index in [1.54, 1.807) is 4.90 Å². The Hall–Kier alpha value is -2.25. The number of hydrogen-bond donors (Lipinski definition) is 3. The minimum atomic E-state index is -0.553. The van der Waals surface area contributed by atoms with Crippen molar-refractivity contribution in [3.8, 4) is 0 Å². The second-order valence-electron chi connectivity index (χ2n) is 8.16. The van der Waals surface area contributed by atoms with Crippen LogP contribution in [0.3, 0.4) is 0 Å². The number of nitrogens with one attached hydrogen (secondary N) is 3. The summed E-state index contributed by atoms with van der Waals surface area (Å²) >= 11 is 0. The summed E-state index contributed by atoms with van der Waals surface area (Å²) in [6.45, 7) is 3.37. The maximum Gasteiger partial charge on any atom is 0.255 e. The van der Waals surface area contributed by atoms with Gasteiger partial charge in [-0.05, 0) is 48.9 Å². The zero-order chi connectivity index (χ0) is 18.5. The average Bonchev–Trinajstić information content (AvgIpc) is 3.26. The summed E-state index contributed by atoms with van der Waals surface area (Å²) in [4.78, 5) is 38.3. The van der Waals surface area contributed by atoms with E-state index in [1.165, 1.54) is 6.42 Å². The lowest BCUT2D eigenvalue weighted by molar-refractivity contribution is -0.136. The van der Waals surface area contributed by atoms with Gasteiger partial charge in [-0.2, -0.15) is 0 Å². The lowest BCUT2D eigenvalue weighted by Crippen LogP contribution is -2.52. The molecule has 3 atom stereocenters. The molecule has 0 radical (unpaired) electrons. The Kier molecular flexibility index (Phi) is 4.02. The first kappa shape index (κ1) is 16.9. The highest BCUT2D eigenvalue weighted by Gasteiger charge is 2.45. The third-order valence-electron chi connectivity index (χ3n) is 6.45. The van der Waals surface area contributed by atoms with E-state index >= 15 is 0 Å². The second-order valence-corrected chi connectivity index (χ2v) is 8.16. The molecule has 3 amide bonds. The number of fused-ring (bicyclic) bond motifs is 1. The summed E-state index contributed by atoms with van der Waals surface area (Å²) < 4.78 is 0. The molecular weight excluding hydrogens is 344 g/mol. The van der Waals surface area contributed by atoms with Gasteiger partial charge in [0, 0.05) is 31.1 Å². The molecule has 3 heterocycles. The predicted octanol–water partition coefficient (Wildman–Crippen LogP) is 0.145. The summed E-state index contributed by atoms with van der Waals surface area (Å²) in [6, 6.07) is 5.94. The van der Waals surface area contributed by atoms with E-state index in [9.17, 15) is 14.4 Å². The molecule has 142 valence electrons. The zero-order valence-electron chi connectivity index (χ0n) is 15.2. The van der Waals surface area contributed by atoms with Crippen molar-refractivity contribution in [1.82, 2.24) is 20.9 Å². The third kappa shape index (κ3) is 2.95. The molecule has 1 aromatic rings. The lowest BCUT2D eigenvalue weighted by Gasteiger charge is -2.29. The van der Waals surface area contributed by atoms with Gasteiger partial charge >= 0.3 is 0 Å². The van der Waals surface area contributed by atoms with E-state index in [-0.39, 0.29) is 24.1 Å². The SMILES string of the molecule is O=C1CCC(N2Cc3cccc(CN[C@@H]4C[C@H]4C4CNC4)c3C2=O)C(=O)N1. The Morgan fingerprint density at radius 2 is 2.04 bits per heavy atom. The first-order valence-electron chi connectivity index (χ1n) is 9.81. The predicted molar refractivity (Wildman–Crippen MR) is 97.6 cm³/mol. The van der Waals surface area contributed by atoms with E-state index in [0.717, 1.165) is 41.6 Å². The van der Waals surface area contributed by atoms with Crippen molar-refractivity contribution in [1.29, 1.82) is 0 Å². The van der Waals surface area contributed by atoms with E-state index in [4.69, 9.17) is 0 Å². The number of benzene rings is 1. The summed E-state index contributed by atoms with van der Waals surface area (Å²) in [5.74, 6) is 0.854. The van der Waals surface area contributed by atoms with Crippen molar-refractivity contribution >= 4 is 17.7 Å². The molecule has 7 heteroatoms. The van der Waals surface area contributed by atoms with Crippen LogP contribution in [0.25, 0.3) is 0 Å². The molecule has 0 bridgehead atoms. The molecule has 27 heavy (non-hydrogen) atoms. The van der Waals surface area contributed by atoms with Crippen LogP contribution in [0.2, 0.25) is 0 Å². The van der Waals surface area contributed by atoms with Crippen LogP contribution < -0.4 is 16.0 Å². The van der Waals surface area contributed by atoms with Crippen molar-refractivity contribution < 1.29 is 14.4 Å². The Bertz CT molecular complexity index is 819. The van der Waals surface area contributed by atoms with Crippen LogP contribution in [-0.2, 0) is 22.7 Å². The topological polar surface area (TPSA) is 90.5 Å². The van der Waals surface area contributed by atoms with Crippen molar-refractivity contribution in [3.05, 3.63) is 34.9 Å². The van der Waals surface area contributed by atoms with Gasteiger partial charge in [-0.25, -0.2) is 0 Å². The largest absolute Gasteiger partial charge is 0.322 e. The van der Waals surface area contributed by atoms with Crippen molar-refractivity contribution in [3.63, 3.8) is 0 Å². The van der Waals surface area contributed by atoms with Crippen LogP contribution in [0.4, 0.5) is 0 Å². The highest BCUT2D eigenvalue weighted by molar-refractivity contribution is 6.05. The van der Waals surface area contributed by atoms with Crippen LogP contribution >= 0.6 is 0 Å². The van der Waals surface area contributed by atoms with Gasteiger partial charge in [-0.1, -0.05) is 18.2 Å². The van der Waals surface area contributed by atoms with Crippen LogP contribution in [-0.4, -0.2) is 47.8 Å². The minimum Gasteiger partial charge on any atom is -0.322 e. The van der Waals surface area contributed by atoms with E-state index in [0.29, 0.717) is 25.6 Å². The molecule has 1 unspecified atom stereocenters. The number of hydrogen-bond acceptors (Lipinski definition) is 5. The average molecular weight is 368 g/mol. The van der Waals surface area contributed by atoms with Crippen LogP contribution in [0.5, 0.6) is 0 Å². The highest BCUT2D eigenvalue weighted by Crippen LogP contribution is 2.39. The third-order valence-corrected chi connectivity index (χ3v) is 6.45. The quantitative estimate of drug-likeness (QED) is 0.644. The first-order valence-corrected chi connectivity index (χ1v) is 9.81. The fraction of sp³-hybridized carbons (Fsp3) is 0.550. The van der Waals surface area contributed by atoms with Gasteiger partial charge in [0.15, 0.2) is 0 Å². The highest BCUT2D eigenvalue weighted by atomic mass is 16.2. The van der Waals surface area contributed by atoms with Crippen LogP contribution in [0, 0.1) is 11.8 Å². The van der Waals surface area contributed by atoms with Gasteiger partial charge in [-0.3, -0.25) is 19.7 Å². The normalized spacial score (nSPS) is 30.1. The Morgan fingerprint density at radius 3 is 2.78 bits per heavy atom. The molecule has 1 saturated carbocycles. The van der Waals surface area contributed by atoms with Crippen molar-refractivity contribution in [2.45, 2.75) is 44.4 Å². The maximum atomic E-state index is 13.1. The summed E-state index contributed by atoms with van der Waals surface area (Å²) in [5, 5.41) is 9.29. The summed E-state index contributed by atoms with van der Waals surface area (Å²) in [6.07, 6.45) is 1.90. The monoisotopic (exact) mass is 368 g/mol. The van der Waals surface area contributed by atoms with E-state index in [2.05, 4.69) is 16.0 Å². The number of amides is 3. The number of carbonyl (C=O) groups excluding carboxylic acids is 3. The molecule has 3 N–H and O–H groups in total. The Labute approximate surface area is 157 Å². The maximum absolute atomic E-state index is 13.1. The van der Waals surface area contributed by atoms with Crippen molar-refractivity contribution in [2.75, 3.05) is 13.1 Å². The Balaban J connectivity index is 1.28. The lowest BCUT2D eigenvalue weighted by atomic mass is 9.97. The van der Waals surface area contributed by atoms with Gasteiger partial charge in [0.05, 0.1) is 0 Å². The number of piperidine rings is 1. The number of nitrogens with zero attached hydrogens (tertiary/aromatic N) is 1. The fourth-order valence-electron chi connectivity index (χ4n) is 4.66. The molecule has 7 nitrogen and oxygen atoms in total.